The molecular weight excluding hydrogens is 282 g/mol. The summed E-state index contributed by atoms with van der Waals surface area (Å²) in [7, 11) is 0. The number of para-hydroxylation sites is 1. The summed E-state index contributed by atoms with van der Waals surface area (Å²) in [6.07, 6.45) is 4.08. The van der Waals surface area contributed by atoms with Crippen LogP contribution in [0.5, 0.6) is 0 Å². The van der Waals surface area contributed by atoms with Crippen molar-refractivity contribution in [1.29, 1.82) is 5.26 Å². The minimum Gasteiger partial charge on any atom is -0.351 e. The van der Waals surface area contributed by atoms with Gasteiger partial charge in [0.2, 0.25) is 5.91 Å². The Morgan fingerprint density at radius 1 is 1.23 bits per heavy atom. The van der Waals surface area contributed by atoms with Crippen molar-refractivity contribution < 1.29 is 9.59 Å². The van der Waals surface area contributed by atoms with Crippen LogP contribution in [0.1, 0.15) is 22.5 Å². The molecule has 7 nitrogen and oxygen atoms in total. The highest BCUT2D eigenvalue weighted by Gasteiger charge is 2.10. The van der Waals surface area contributed by atoms with Crippen LogP contribution in [0.4, 0.5) is 5.69 Å². The third kappa shape index (κ3) is 4.11. The van der Waals surface area contributed by atoms with Gasteiger partial charge < -0.3 is 10.6 Å². The van der Waals surface area contributed by atoms with E-state index in [1.54, 1.807) is 30.3 Å². The van der Waals surface area contributed by atoms with Gasteiger partial charge in [0, 0.05) is 24.6 Å². The number of rotatable bonds is 5. The highest BCUT2D eigenvalue weighted by atomic mass is 16.2. The molecule has 2 amide bonds. The highest BCUT2D eigenvalue weighted by Crippen LogP contribution is 2.15. The molecular formula is C15H13N5O2. The molecule has 1 aromatic carbocycles. The van der Waals surface area contributed by atoms with Gasteiger partial charge in [-0.15, -0.1) is 0 Å². The lowest BCUT2D eigenvalue weighted by Gasteiger charge is -2.11. The van der Waals surface area contributed by atoms with Gasteiger partial charge in [-0.2, -0.15) is 5.26 Å². The number of carbonyl (C=O) groups excluding carboxylic acids is 2. The van der Waals surface area contributed by atoms with E-state index in [2.05, 4.69) is 20.6 Å². The number of carbonyl (C=O) groups is 2. The SMILES string of the molecule is N#CCC(=O)NCc1ccccc1NC(=O)c1cnccn1. The summed E-state index contributed by atoms with van der Waals surface area (Å²) in [4.78, 5) is 31.2. The van der Waals surface area contributed by atoms with Crippen LogP contribution in [0.2, 0.25) is 0 Å². The zero-order valence-corrected chi connectivity index (χ0v) is 11.6. The molecule has 0 spiro atoms. The first kappa shape index (κ1) is 15.1. The van der Waals surface area contributed by atoms with Crippen LogP contribution in [0, 0.1) is 11.3 Å². The van der Waals surface area contributed by atoms with Gasteiger partial charge in [-0.05, 0) is 11.6 Å². The van der Waals surface area contributed by atoms with Crippen molar-refractivity contribution in [2.24, 2.45) is 0 Å². The number of hydrogen-bond acceptors (Lipinski definition) is 5. The lowest BCUT2D eigenvalue weighted by Crippen LogP contribution is -2.23. The van der Waals surface area contributed by atoms with Gasteiger partial charge in [0.15, 0.2) is 0 Å². The van der Waals surface area contributed by atoms with E-state index in [0.717, 1.165) is 5.56 Å². The quantitative estimate of drug-likeness (QED) is 0.863. The average Bonchev–Trinajstić information content (AvgIpc) is 2.55. The van der Waals surface area contributed by atoms with E-state index in [1.165, 1.54) is 18.6 Å². The van der Waals surface area contributed by atoms with E-state index in [9.17, 15) is 9.59 Å². The first-order valence-electron chi connectivity index (χ1n) is 6.49. The third-order valence-electron chi connectivity index (χ3n) is 2.78. The fraction of sp³-hybridized carbons (Fsp3) is 0.133. The Balaban J connectivity index is 2.07. The predicted molar refractivity (Wildman–Crippen MR) is 78.5 cm³/mol. The molecule has 0 saturated heterocycles. The summed E-state index contributed by atoms with van der Waals surface area (Å²) in [6, 6.07) is 8.84. The van der Waals surface area contributed by atoms with Crippen LogP contribution in [-0.4, -0.2) is 21.8 Å². The molecule has 0 aliphatic heterocycles. The van der Waals surface area contributed by atoms with E-state index < -0.39 is 0 Å². The van der Waals surface area contributed by atoms with Gasteiger partial charge >= 0.3 is 0 Å². The van der Waals surface area contributed by atoms with Crippen molar-refractivity contribution in [3.63, 3.8) is 0 Å². The minimum atomic E-state index is -0.385. The van der Waals surface area contributed by atoms with Crippen LogP contribution < -0.4 is 10.6 Å². The molecule has 1 heterocycles. The maximum atomic E-state index is 12.1. The van der Waals surface area contributed by atoms with E-state index in [0.29, 0.717) is 5.69 Å². The van der Waals surface area contributed by atoms with Crippen molar-refractivity contribution in [1.82, 2.24) is 15.3 Å². The summed E-state index contributed by atoms with van der Waals surface area (Å²) in [5, 5.41) is 13.8. The van der Waals surface area contributed by atoms with E-state index in [-0.39, 0.29) is 30.5 Å². The number of nitrogens with one attached hydrogen (secondary N) is 2. The Kier molecular flexibility index (Phi) is 5.15. The molecule has 2 aromatic rings. The van der Waals surface area contributed by atoms with Crippen molar-refractivity contribution in [3.8, 4) is 6.07 Å². The lowest BCUT2D eigenvalue weighted by atomic mass is 10.1. The molecule has 0 aliphatic rings. The number of aromatic nitrogens is 2. The molecule has 110 valence electrons. The van der Waals surface area contributed by atoms with Crippen molar-refractivity contribution in [2.45, 2.75) is 13.0 Å². The zero-order chi connectivity index (χ0) is 15.8. The zero-order valence-electron chi connectivity index (χ0n) is 11.6. The second kappa shape index (κ2) is 7.50. The Hall–Kier alpha value is -3.27. The summed E-state index contributed by atoms with van der Waals surface area (Å²) in [5.41, 5.74) is 1.49. The van der Waals surface area contributed by atoms with Gasteiger partial charge in [0.05, 0.1) is 12.3 Å². The fourth-order valence-corrected chi connectivity index (χ4v) is 1.73. The van der Waals surface area contributed by atoms with Crippen molar-refractivity contribution >= 4 is 17.5 Å². The smallest absolute Gasteiger partial charge is 0.275 e. The maximum absolute atomic E-state index is 12.1. The van der Waals surface area contributed by atoms with Crippen molar-refractivity contribution in [2.75, 3.05) is 5.32 Å². The van der Waals surface area contributed by atoms with Gasteiger partial charge in [-0.3, -0.25) is 14.6 Å². The Bertz CT molecular complexity index is 709. The summed E-state index contributed by atoms with van der Waals surface area (Å²) in [6.45, 7) is 0.220. The maximum Gasteiger partial charge on any atom is 0.275 e. The Labute approximate surface area is 127 Å². The molecule has 0 saturated carbocycles. The molecule has 0 radical (unpaired) electrons. The molecule has 0 fully saturated rings. The molecule has 7 heteroatoms. The minimum absolute atomic E-state index is 0.200. The Morgan fingerprint density at radius 3 is 2.77 bits per heavy atom. The van der Waals surface area contributed by atoms with E-state index >= 15 is 0 Å². The fourth-order valence-electron chi connectivity index (χ4n) is 1.73. The molecule has 1 aromatic heterocycles. The van der Waals surface area contributed by atoms with Crippen LogP contribution in [0.25, 0.3) is 0 Å². The number of nitrogens with zero attached hydrogens (tertiary/aromatic N) is 3. The summed E-state index contributed by atoms with van der Waals surface area (Å²) >= 11 is 0. The molecule has 0 bridgehead atoms. The first-order chi connectivity index (χ1) is 10.7. The predicted octanol–water partition coefficient (Wildman–Crippen LogP) is 1.26. The topological polar surface area (TPSA) is 108 Å². The summed E-state index contributed by atoms with van der Waals surface area (Å²) < 4.78 is 0. The number of benzene rings is 1. The first-order valence-corrected chi connectivity index (χ1v) is 6.49. The molecule has 22 heavy (non-hydrogen) atoms. The monoisotopic (exact) mass is 295 g/mol. The number of amides is 2. The van der Waals surface area contributed by atoms with Crippen LogP contribution in [0.15, 0.2) is 42.9 Å². The Morgan fingerprint density at radius 2 is 2.05 bits per heavy atom. The molecule has 0 atom stereocenters. The largest absolute Gasteiger partial charge is 0.351 e. The van der Waals surface area contributed by atoms with Crippen LogP contribution in [-0.2, 0) is 11.3 Å². The van der Waals surface area contributed by atoms with Gasteiger partial charge in [-0.1, -0.05) is 18.2 Å². The normalized spacial score (nSPS) is 9.59. The highest BCUT2D eigenvalue weighted by molar-refractivity contribution is 6.03. The third-order valence-corrected chi connectivity index (χ3v) is 2.78. The second-order valence-electron chi connectivity index (χ2n) is 4.31. The molecule has 0 aliphatic carbocycles. The van der Waals surface area contributed by atoms with Crippen molar-refractivity contribution in [3.05, 3.63) is 54.1 Å². The number of hydrogen-bond donors (Lipinski definition) is 2. The lowest BCUT2D eigenvalue weighted by molar-refractivity contribution is -0.120. The molecule has 2 N–H and O–H groups in total. The summed E-state index contributed by atoms with van der Waals surface area (Å²) in [5.74, 6) is -0.749. The van der Waals surface area contributed by atoms with E-state index in [1.807, 2.05) is 0 Å². The van der Waals surface area contributed by atoms with Gasteiger partial charge in [0.25, 0.3) is 5.91 Å². The van der Waals surface area contributed by atoms with E-state index in [4.69, 9.17) is 5.26 Å². The van der Waals surface area contributed by atoms with Crippen LogP contribution >= 0.6 is 0 Å². The number of nitriles is 1. The standard InChI is InChI=1S/C15H13N5O2/c16-6-5-14(21)19-9-11-3-1-2-4-12(11)20-15(22)13-10-17-7-8-18-13/h1-4,7-8,10H,5,9H2,(H,19,21)(H,20,22). The molecule has 2 rings (SSSR count). The second-order valence-corrected chi connectivity index (χ2v) is 4.31. The van der Waals surface area contributed by atoms with Gasteiger partial charge in [-0.25, -0.2) is 4.98 Å². The number of anilines is 1. The molecule has 0 unspecified atom stereocenters. The van der Waals surface area contributed by atoms with Crippen LogP contribution in [0.3, 0.4) is 0 Å². The average molecular weight is 295 g/mol. The van der Waals surface area contributed by atoms with Gasteiger partial charge in [0.1, 0.15) is 12.1 Å².